The van der Waals surface area contributed by atoms with Crippen LogP contribution in [-0.2, 0) is 5.41 Å². The van der Waals surface area contributed by atoms with E-state index in [1.54, 1.807) is 12.1 Å². The Morgan fingerprint density at radius 1 is 1.43 bits per heavy atom. The Bertz CT molecular complexity index is 337. The molecule has 14 heavy (non-hydrogen) atoms. The van der Waals surface area contributed by atoms with Crippen LogP contribution in [0, 0.1) is 5.82 Å². The van der Waals surface area contributed by atoms with Crippen molar-refractivity contribution in [2.24, 2.45) is 5.73 Å². The molecule has 1 aliphatic rings. The van der Waals surface area contributed by atoms with E-state index in [1.807, 2.05) is 0 Å². The zero-order chi connectivity index (χ0) is 9.47. The monoisotopic (exact) mass is 235 g/mol. The Labute approximate surface area is 93.8 Å². The van der Waals surface area contributed by atoms with Crippen molar-refractivity contribution in [3.05, 3.63) is 34.6 Å². The van der Waals surface area contributed by atoms with Crippen LogP contribution in [0.15, 0.2) is 18.2 Å². The van der Waals surface area contributed by atoms with Gasteiger partial charge in [-0.3, -0.25) is 0 Å². The van der Waals surface area contributed by atoms with Crippen LogP contribution in [0.3, 0.4) is 0 Å². The topological polar surface area (TPSA) is 26.0 Å². The van der Waals surface area contributed by atoms with E-state index in [2.05, 4.69) is 0 Å². The lowest BCUT2D eigenvalue weighted by molar-refractivity contribution is 0.573. The molecular formula is C10H12Cl2FN. The number of rotatable bonds is 2. The summed E-state index contributed by atoms with van der Waals surface area (Å²) in [6.45, 7) is 0.519. The van der Waals surface area contributed by atoms with E-state index in [9.17, 15) is 4.39 Å². The molecule has 4 heteroatoms. The largest absolute Gasteiger partial charge is 0.330 e. The Hall–Kier alpha value is -0.310. The molecule has 1 aliphatic carbocycles. The molecule has 0 saturated heterocycles. The highest BCUT2D eigenvalue weighted by molar-refractivity contribution is 6.30. The molecule has 0 aromatic heterocycles. The summed E-state index contributed by atoms with van der Waals surface area (Å²) in [5.41, 5.74) is 6.24. The summed E-state index contributed by atoms with van der Waals surface area (Å²) in [7, 11) is 0. The fourth-order valence-electron chi connectivity index (χ4n) is 1.65. The molecule has 1 nitrogen and oxygen atoms in total. The Morgan fingerprint density at radius 3 is 2.50 bits per heavy atom. The van der Waals surface area contributed by atoms with Gasteiger partial charge in [0, 0.05) is 17.0 Å². The van der Waals surface area contributed by atoms with Crippen molar-refractivity contribution in [2.75, 3.05) is 6.54 Å². The lowest BCUT2D eigenvalue weighted by Gasteiger charge is -2.13. The summed E-state index contributed by atoms with van der Waals surface area (Å²) >= 11 is 5.66. The number of hydrogen-bond acceptors (Lipinski definition) is 1. The first kappa shape index (κ1) is 11.8. The second kappa shape index (κ2) is 4.05. The highest BCUT2D eigenvalue weighted by Gasteiger charge is 2.44. The maximum Gasteiger partial charge on any atom is 0.128 e. The van der Waals surface area contributed by atoms with Gasteiger partial charge in [-0.25, -0.2) is 4.39 Å². The Kier molecular flexibility index (Phi) is 3.40. The average molecular weight is 236 g/mol. The Morgan fingerprint density at radius 2 is 2.07 bits per heavy atom. The third kappa shape index (κ3) is 1.88. The molecule has 78 valence electrons. The predicted octanol–water partition coefficient (Wildman–Crippen LogP) is 2.89. The molecule has 1 aromatic rings. The molecule has 0 amide bonds. The van der Waals surface area contributed by atoms with Crippen molar-refractivity contribution in [1.29, 1.82) is 0 Å². The molecule has 0 bridgehead atoms. The van der Waals surface area contributed by atoms with Gasteiger partial charge in [-0.05, 0) is 30.5 Å². The number of benzene rings is 1. The summed E-state index contributed by atoms with van der Waals surface area (Å²) in [6.07, 6.45) is 1.98. The van der Waals surface area contributed by atoms with Crippen molar-refractivity contribution in [3.8, 4) is 0 Å². The highest BCUT2D eigenvalue weighted by atomic mass is 35.5. The van der Waals surface area contributed by atoms with Crippen molar-refractivity contribution in [1.82, 2.24) is 0 Å². The third-order valence-corrected chi connectivity index (χ3v) is 2.98. The van der Waals surface area contributed by atoms with E-state index in [0.29, 0.717) is 11.6 Å². The molecule has 0 heterocycles. The van der Waals surface area contributed by atoms with Crippen LogP contribution in [0.4, 0.5) is 4.39 Å². The van der Waals surface area contributed by atoms with E-state index < -0.39 is 0 Å². The molecular weight excluding hydrogens is 224 g/mol. The molecule has 1 saturated carbocycles. The maximum atomic E-state index is 13.4. The van der Waals surface area contributed by atoms with Crippen molar-refractivity contribution in [2.45, 2.75) is 18.3 Å². The fraction of sp³-hybridized carbons (Fsp3) is 0.400. The van der Waals surface area contributed by atoms with E-state index in [0.717, 1.165) is 18.4 Å². The molecule has 0 spiro atoms. The summed E-state index contributed by atoms with van der Waals surface area (Å²) in [6, 6.07) is 4.82. The summed E-state index contributed by atoms with van der Waals surface area (Å²) in [5, 5.41) is 0.439. The molecule has 0 atom stereocenters. The first-order chi connectivity index (χ1) is 6.18. The second-order valence-electron chi connectivity index (χ2n) is 3.61. The van der Waals surface area contributed by atoms with Crippen molar-refractivity contribution < 1.29 is 4.39 Å². The Balaban J connectivity index is 0.000000980. The molecule has 1 aromatic carbocycles. The average Bonchev–Trinajstić information content (AvgIpc) is 2.85. The third-order valence-electron chi connectivity index (χ3n) is 2.75. The zero-order valence-electron chi connectivity index (χ0n) is 7.59. The standard InChI is InChI=1S/C10H11ClFN.ClH/c11-7-1-2-8(9(12)5-7)10(6-13)3-4-10;/h1-2,5H,3-4,6,13H2;1H. The van der Waals surface area contributed by atoms with Gasteiger partial charge in [0.05, 0.1) is 0 Å². The van der Waals surface area contributed by atoms with Gasteiger partial charge in [0.1, 0.15) is 5.82 Å². The van der Waals surface area contributed by atoms with Gasteiger partial charge in [0.25, 0.3) is 0 Å². The van der Waals surface area contributed by atoms with Crippen LogP contribution >= 0.6 is 24.0 Å². The molecule has 0 radical (unpaired) electrons. The van der Waals surface area contributed by atoms with Gasteiger partial charge in [-0.15, -0.1) is 12.4 Å². The molecule has 2 N–H and O–H groups in total. The van der Waals surface area contributed by atoms with Crippen LogP contribution in [0.1, 0.15) is 18.4 Å². The highest BCUT2D eigenvalue weighted by Crippen LogP contribution is 2.48. The van der Waals surface area contributed by atoms with Gasteiger partial charge in [-0.2, -0.15) is 0 Å². The number of halogens is 3. The van der Waals surface area contributed by atoms with E-state index in [4.69, 9.17) is 17.3 Å². The van der Waals surface area contributed by atoms with Crippen molar-refractivity contribution >= 4 is 24.0 Å². The zero-order valence-corrected chi connectivity index (χ0v) is 9.17. The maximum absolute atomic E-state index is 13.4. The van der Waals surface area contributed by atoms with Crippen LogP contribution in [0.5, 0.6) is 0 Å². The van der Waals surface area contributed by atoms with E-state index >= 15 is 0 Å². The van der Waals surface area contributed by atoms with Gasteiger partial charge in [0.2, 0.25) is 0 Å². The molecule has 0 aliphatic heterocycles. The van der Waals surface area contributed by atoms with Crippen LogP contribution < -0.4 is 5.73 Å². The van der Waals surface area contributed by atoms with E-state index in [-0.39, 0.29) is 23.6 Å². The number of nitrogens with two attached hydrogens (primary N) is 1. The van der Waals surface area contributed by atoms with Gasteiger partial charge in [0.15, 0.2) is 0 Å². The fourth-order valence-corrected chi connectivity index (χ4v) is 1.81. The van der Waals surface area contributed by atoms with Gasteiger partial charge >= 0.3 is 0 Å². The molecule has 1 fully saturated rings. The quantitative estimate of drug-likeness (QED) is 0.839. The molecule has 2 rings (SSSR count). The minimum Gasteiger partial charge on any atom is -0.330 e. The van der Waals surface area contributed by atoms with Crippen LogP contribution in [-0.4, -0.2) is 6.54 Å². The van der Waals surface area contributed by atoms with Gasteiger partial charge < -0.3 is 5.73 Å². The molecule has 0 unspecified atom stereocenters. The summed E-state index contributed by atoms with van der Waals surface area (Å²) < 4.78 is 13.4. The predicted molar refractivity (Wildman–Crippen MR) is 58.6 cm³/mol. The first-order valence-corrected chi connectivity index (χ1v) is 4.71. The summed E-state index contributed by atoms with van der Waals surface area (Å²) in [4.78, 5) is 0. The second-order valence-corrected chi connectivity index (χ2v) is 4.05. The van der Waals surface area contributed by atoms with Crippen LogP contribution in [0.25, 0.3) is 0 Å². The van der Waals surface area contributed by atoms with Gasteiger partial charge in [-0.1, -0.05) is 17.7 Å². The lowest BCUT2D eigenvalue weighted by Crippen LogP contribution is -2.20. The first-order valence-electron chi connectivity index (χ1n) is 4.33. The van der Waals surface area contributed by atoms with Crippen LogP contribution in [0.2, 0.25) is 5.02 Å². The minimum absolute atomic E-state index is 0. The normalized spacial score (nSPS) is 17.4. The lowest BCUT2D eigenvalue weighted by atomic mass is 9.96. The van der Waals surface area contributed by atoms with Crippen molar-refractivity contribution in [3.63, 3.8) is 0 Å². The summed E-state index contributed by atoms with van der Waals surface area (Å²) in [5.74, 6) is -0.226. The SMILES string of the molecule is Cl.NCC1(c2ccc(Cl)cc2F)CC1. The smallest absolute Gasteiger partial charge is 0.128 e. The number of hydrogen-bond donors (Lipinski definition) is 1. The van der Waals surface area contributed by atoms with E-state index in [1.165, 1.54) is 6.07 Å². The minimum atomic E-state index is -0.226.